The molecule has 0 bridgehead atoms. The van der Waals surface area contributed by atoms with Crippen LogP contribution in [-0.4, -0.2) is 9.13 Å². The van der Waals surface area contributed by atoms with Gasteiger partial charge in [-0.3, -0.25) is 0 Å². The summed E-state index contributed by atoms with van der Waals surface area (Å²) in [6.07, 6.45) is 0. The summed E-state index contributed by atoms with van der Waals surface area (Å²) in [5.41, 5.74) is 8.88. The van der Waals surface area contributed by atoms with Crippen LogP contribution in [0.3, 0.4) is 0 Å². The van der Waals surface area contributed by atoms with Crippen molar-refractivity contribution in [1.29, 1.82) is 0 Å². The van der Waals surface area contributed by atoms with Gasteiger partial charge in [-0.25, -0.2) is 0 Å². The molecule has 7 aromatic carbocycles. The first-order valence-electron chi connectivity index (χ1n) is 14.7. The van der Waals surface area contributed by atoms with Crippen molar-refractivity contribution in [2.75, 3.05) is 0 Å². The van der Waals surface area contributed by atoms with Crippen LogP contribution in [0.4, 0.5) is 0 Å². The van der Waals surface area contributed by atoms with E-state index >= 15 is 0 Å². The third-order valence-electron chi connectivity index (χ3n) is 9.07. The van der Waals surface area contributed by atoms with Gasteiger partial charge in [0, 0.05) is 55.1 Å². The molecular weight excluding hydrogens is 524 g/mol. The zero-order valence-corrected chi connectivity index (χ0v) is 23.2. The van der Waals surface area contributed by atoms with Crippen LogP contribution in [0, 0.1) is 0 Å². The van der Waals surface area contributed by atoms with Gasteiger partial charge in [-0.1, -0.05) is 97.1 Å². The van der Waals surface area contributed by atoms with E-state index in [1.807, 2.05) is 12.1 Å². The Balaban J connectivity index is 1.48. The van der Waals surface area contributed by atoms with Crippen molar-refractivity contribution in [2.24, 2.45) is 0 Å². The molecule has 0 N–H and O–H groups in total. The second-order valence-electron chi connectivity index (χ2n) is 11.3. The van der Waals surface area contributed by atoms with Crippen LogP contribution in [0.2, 0.25) is 0 Å². The SMILES string of the molecule is c1ccc(-n2c3ccccc3c3c2c2ccccc2c2c4ccccc4n(-c4ccc5c(c4)oc4ccccc45)c23)cc1. The molecule has 0 spiro atoms. The highest BCUT2D eigenvalue weighted by atomic mass is 16.3. The number of rotatable bonds is 2. The molecule has 43 heavy (non-hydrogen) atoms. The topological polar surface area (TPSA) is 23.0 Å². The molecule has 0 saturated carbocycles. The van der Waals surface area contributed by atoms with Crippen LogP contribution >= 0.6 is 0 Å². The number of aromatic nitrogens is 2. The molecule has 3 nitrogen and oxygen atoms in total. The molecule has 200 valence electrons. The predicted octanol–water partition coefficient (Wildman–Crippen LogP) is 10.9. The maximum absolute atomic E-state index is 6.39. The highest BCUT2D eigenvalue weighted by molar-refractivity contribution is 6.36. The summed E-state index contributed by atoms with van der Waals surface area (Å²) in [7, 11) is 0. The molecule has 10 aromatic rings. The Morgan fingerprint density at radius 1 is 0.349 bits per heavy atom. The molecule has 10 rings (SSSR count). The molecule has 0 amide bonds. The van der Waals surface area contributed by atoms with Crippen LogP contribution in [0.5, 0.6) is 0 Å². The Morgan fingerprint density at radius 2 is 0.907 bits per heavy atom. The minimum Gasteiger partial charge on any atom is -0.456 e. The van der Waals surface area contributed by atoms with Crippen molar-refractivity contribution in [1.82, 2.24) is 9.13 Å². The molecule has 0 aliphatic rings. The lowest BCUT2D eigenvalue weighted by Gasteiger charge is -2.13. The maximum atomic E-state index is 6.39. The van der Waals surface area contributed by atoms with Crippen LogP contribution in [-0.2, 0) is 0 Å². The minimum absolute atomic E-state index is 0.897. The normalized spacial score (nSPS) is 12.2. The van der Waals surface area contributed by atoms with E-state index < -0.39 is 0 Å². The van der Waals surface area contributed by atoms with Gasteiger partial charge in [-0.05, 0) is 47.9 Å². The van der Waals surface area contributed by atoms with Gasteiger partial charge in [-0.2, -0.15) is 0 Å². The van der Waals surface area contributed by atoms with E-state index in [4.69, 9.17) is 4.42 Å². The number of hydrogen-bond donors (Lipinski definition) is 0. The highest BCUT2D eigenvalue weighted by Crippen LogP contribution is 2.47. The van der Waals surface area contributed by atoms with Gasteiger partial charge in [0.1, 0.15) is 11.2 Å². The van der Waals surface area contributed by atoms with Gasteiger partial charge in [0.05, 0.1) is 22.1 Å². The van der Waals surface area contributed by atoms with Crippen molar-refractivity contribution in [3.05, 3.63) is 146 Å². The summed E-state index contributed by atoms with van der Waals surface area (Å²) in [4.78, 5) is 0. The fourth-order valence-corrected chi connectivity index (χ4v) is 7.36. The molecule has 0 saturated heterocycles. The standard InChI is InChI=1S/C40H24N2O/c1-2-12-25(13-3-1)41-34-20-10-7-18-32(34)38-39(41)30-16-5-4-15-29(30)37-31-17-6-9-19-33(31)42(40(37)38)26-22-23-28-27-14-8-11-21-35(27)43-36(28)24-26/h1-24H. The minimum atomic E-state index is 0.897. The third-order valence-corrected chi connectivity index (χ3v) is 9.07. The zero-order chi connectivity index (χ0) is 28.1. The Labute approximate surface area is 246 Å². The second-order valence-corrected chi connectivity index (χ2v) is 11.3. The average Bonchev–Trinajstić information content (AvgIpc) is 3.73. The van der Waals surface area contributed by atoms with E-state index in [0.29, 0.717) is 0 Å². The first-order chi connectivity index (χ1) is 21.4. The Bertz CT molecular complexity index is 2720. The van der Waals surface area contributed by atoms with E-state index in [0.717, 1.165) is 33.3 Å². The third kappa shape index (κ3) is 2.98. The van der Waals surface area contributed by atoms with Gasteiger partial charge in [0.25, 0.3) is 0 Å². The molecule has 0 aliphatic carbocycles. The monoisotopic (exact) mass is 548 g/mol. The molecule has 0 fully saturated rings. The van der Waals surface area contributed by atoms with Gasteiger partial charge in [0.2, 0.25) is 0 Å². The first kappa shape index (κ1) is 22.8. The lowest BCUT2D eigenvalue weighted by molar-refractivity contribution is 0.668. The van der Waals surface area contributed by atoms with Gasteiger partial charge >= 0.3 is 0 Å². The molecule has 0 unspecified atom stereocenters. The quantitative estimate of drug-likeness (QED) is 0.211. The van der Waals surface area contributed by atoms with Crippen molar-refractivity contribution in [2.45, 2.75) is 0 Å². The van der Waals surface area contributed by atoms with Crippen molar-refractivity contribution < 1.29 is 4.42 Å². The summed E-state index contributed by atoms with van der Waals surface area (Å²) >= 11 is 0. The van der Waals surface area contributed by atoms with Crippen LogP contribution in [0.25, 0.3) is 87.7 Å². The average molecular weight is 549 g/mol. The van der Waals surface area contributed by atoms with E-state index in [9.17, 15) is 0 Å². The predicted molar refractivity (Wildman–Crippen MR) is 180 cm³/mol. The Hall–Kier alpha value is -5.80. The fourth-order valence-electron chi connectivity index (χ4n) is 7.36. The number of benzene rings is 7. The summed E-state index contributed by atoms with van der Waals surface area (Å²) in [6.45, 7) is 0. The Morgan fingerprint density at radius 3 is 1.67 bits per heavy atom. The Kier molecular flexibility index (Phi) is 4.45. The van der Waals surface area contributed by atoms with Crippen molar-refractivity contribution in [3.63, 3.8) is 0 Å². The molecule has 0 atom stereocenters. The molecule has 0 radical (unpaired) electrons. The summed E-state index contributed by atoms with van der Waals surface area (Å²) in [5, 5.41) is 9.81. The highest BCUT2D eigenvalue weighted by Gasteiger charge is 2.24. The van der Waals surface area contributed by atoms with Gasteiger partial charge < -0.3 is 13.6 Å². The number of fused-ring (bicyclic) bond motifs is 13. The lowest BCUT2D eigenvalue weighted by Crippen LogP contribution is -1.96. The van der Waals surface area contributed by atoms with Gasteiger partial charge in [0.15, 0.2) is 0 Å². The largest absolute Gasteiger partial charge is 0.456 e. The molecule has 3 aromatic heterocycles. The molecule has 3 heterocycles. The van der Waals surface area contributed by atoms with Crippen LogP contribution in [0.15, 0.2) is 150 Å². The van der Waals surface area contributed by atoms with Gasteiger partial charge in [-0.15, -0.1) is 0 Å². The zero-order valence-electron chi connectivity index (χ0n) is 23.2. The number of nitrogens with zero attached hydrogens (tertiary/aromatic N) is 2. The lowest BCUT2D eigenvalue weighted by atomic mass is 9.99. The van der Waals surface area contributed by atoms with Crippen molar-refractivity contribution >= 4 is 76.3 Å². The maximum Gasteiger partial charge on any atom is 0.137 e. The summed E-state index contributed by atoms with van der Waals surface area (Å²) < 4.78 is 11.3. The van der Waals surface area contributed by atoms with E-state index in [-0.39, 0.29) is 0 Å². The molecular formula is C40H24N2O. The fraction of sp³-hybridized carbons (Fsp3) is 0. The van der Waals surface area contributed by atoms with E-state index in [1.54, 1.807) is 0 Å². The van der Waals surface area contributed by atoms with Crippen molar-refractivity contribution in [3.8, 4) is 11.4 Å². The number of furan rings is 1. The first-order valence-corrected chi connectivity index (χ1v) is 14.7. The summed E-state index contributed by atoms with van der Waals surface area (Å²) in [6, 6.07) is 52.2. The van der Waals surface area contributed by atoms with Crippen LogP contribution in [0.1, 0.15) is 0 Å². The summed E-state index contributed by atoms with van der Waals surface area (Å²) in [5.74, 6) is 0. The van der Waals surface area contributed by atoms with Crippen LogP contribution < -0.4 is 0 Å². The number of hydrogen-bond acceptors (Lipinski definition) is 1. The molecule has 0 aliphatic heterocycles. The van der Waals surface area contributed by atoms with E-state index in [2.05, 4.69) is 143 Å². The molecule has 3 heteroatoms. The number of para-hydroxylation sites is 4. The smallest absolute Gasteiger partial charge is 0.137 e. The van der Waals surface area contributed by atoms with E-state index in [1.165, 1.54) is 54.4 Å². The second kappa shape index (κ2) is 8.37.